The first-order valence-corrected chi connectivity index (χ1v) is 5.62. The molecule has 0 spiro atoms. The lowest BCUT2D eigenvalue weighted by Crippen LogP contribution is -1.87. The van der Waals surface area contributed by atoms with E-state index in [1.807, 2.05) is 42.5 Å². The van der Waals surface area contributed by atoms with Gasteiger partial charge in [0.1, 0.15) is 11.5 Å². The summed E-state index contributed by atoms with van der Waals surface area (Å²) in [6, 6.07) is 19.0. The molecule has 2 aromatic rings. The summed E-state index contributed by atoms with van der Waals surface area (Å²) in [6.45, 7) is 2.17. The minimum atomic E-state index is 0.871. The lowest BCUT2D eigenvalue weighted by Gasteiger charge is -2.06. The summed E-state index contributed by atoms with van der Waals surface area (Å²) in [5, 5.41) is 0. The molecule has 81 valence electrons. The predicted octanol–water partition coefficient (Wildman–Crippen LogP) is 4.23. The fraction of sp³-hybridized carbons (Fsp3) is 0.200. The molecule has 0 fully saturated rings. The van der Waals surface area contributed by atoms with Crippen molar-refractivity contribution in [3.8, 4) is 11.5 Å². The molecule has 1 heteroatoms. The summed E-state index contributed by atoms with van der Waals surface area (Å²) >= 11 is 0. The van der Waals surface area contributed by atoms with Gasteiger partial charge in [0.25, 0.3) is 0 Å². The second kappa shape index (κ2) is 5.36. The Kier molecular flexibility index (Phi) is 3.60. The van der Waals surface area contributed by atoms with E-state index < -0.39 is 0 Å². The summed E-state index contributed by atoms with van der Waals surface area (Å²) in [6.07, 6.45) is 2.18. The predicted molar refractivity (Wildman–Crippen MR) is 65.8 cm³/mol. The van der Waals surface area contributed by atoms with Crippen molar-refractivity contribution in [1.82, 2.24) is 0 Å². The molecule has 0 saturated carbocycles. The minimum absolute atomic E-state index is 0.871. The number of aryl methyl sites for hydroxylation is 1. The molecule has 0 atom stereocenters. The number of para-hydroxylation sites is 1. The van der Waals surface area contributed by atoms with Gasteiger partial charge in [0.15, 0.2) is 0 Å². The van der Waals surface area contributed by atoms with Crippen LogP contribution in [0.2, 0.25) is 0 Å². The fourth-order valence-corrected chi connectivity index (χ4v) is 1.59. The van der Waals surface area contributed by atoms with Crippen LogP contribution in [-0.2, 0) is 6.42 Å². The molecule has 0 bridgehead atoms. The molecule has 0 aliphatic carbocycles. The highest BCUT2D eigenvalue weighted by atomic mass is 16.5. The zero-order valence-electron chi connectivity index (χ0n) is 9.44. The molecule has 0 unspecified atom stereocenters. The fourth-order valence-electron chi connectivity index (χ4n) is 1.59. The lowest BCUT2D eigenvalue weighted by molar-refractivity contribution is 0.482. The molecular formula is C15H15O. The van der Waals surface area contributed by atoms with Crippen molar-refractivity contribution in [2.24, 2.45) is 0 Å². The van der Waals surface area contributed by atoms with Gasteiger partial charge in [0.05, 0.1) is 0 Å². The van der Waals surface area contributed by atoms with Crippen molar-refractivity contribution >= 4 is 0 Å². The Morgan fingerprint density at radius 1 is 1.06 bits per heavy atom. The van der Waals surface area contributed by atoms with Crippen LogP contribution in [0.15, 0.2) is 48.5 Å². The van der Waals surface area contributed by atoms with Gasteiger partial charge in [-0.15, -0.1) is 0 Å². The molecule has 2 aromatic carbocycles. The van der Waals surface area contributed by atoms with E-state index >= 15 is 0 Å². The Balaban J connectivity index is 2.12. The second-order valence-corrected chi connectivity index (χ2v) is 3.71. The normalized spacial score (nSPS) is 10.1. The van der Waals surface area contributed by atoms with Crippen LogP contribution in [0.3, 0.4) is 0 Å². The standard InChI is InChI=1S/C15H15O/c1-2-7-13-8-6-11-15(12-13)16-14-9-4-3-5-10-14/h3-6,9-12H,2,7H2,1H3. The van der Waals surface area contributed by atoms with Gasteiger partial charge in [-0.2, -0.15) is 0 Å². The Morgan fingerprint density at radius 3 is 2.62 bits per heavy atom. The third-order valence-electron chi connectivity index (χ3n) is 2.33. The van der Waals surface area contributed by atoms with E-state index in [4.69, 9.17) is 4.74 Å². The van der Waals surface area contributed by atoms with E-state index in [1.165, 1.54) is 5.56 Å². The van der Waals surface area contributed by atoms with Gasteiger partial charge < -0.3 is 4.74 Å². The van der Waals surface area contributed by atoms with E-state index in [-0.39, 0.29) is 0 Å². The topological polar surface area (TPSA) is 9.23 Å². The summed E-state index contributed by atoms with van der Waals surface area (Å²) < 4.78 is 5.75. The molecule has 0 heterocycles. The third-order valence-corrected chi connectivity index (χ3v) is 2.33. The van der Waals surface area contributed by atoms with Crippen molar-refractivity contribution < 1.29 is 4.74 Å². The largest absolute Gasteiger partial charge is 0.457 e. The second-order valence-electron chi connectivity index (χ2n) is 3.71. The Labute approximate surface area is 96.7 Å². The summed E-state index contributed by atoms with van der Waals surface area (Å²) in [7, 11) is 0. The maximum absolute atomic E-state index is 5.75. The Hall–Kier alpha value is -1.76. The first-order valence-electron chi connectivity index (χ1n) is 5.62. The molecular weight excluding hydrogens is 196 g/mol. The SMILES string of the molecule is CCCc1[c]ccc(Oc2ccccc2)c1. The van der Waals surface area contributed by atoms with E-state index in [9.17, 15) is 0 Å². The van der Waals surface area contributed by atoms with E-state index in [0.717, 1.165) is 24.3 Å². The van der Waals surface area contributed by atoms with Gasteiger partial charge in [-0.05, 0) is 42.3 Å². The van der Waals surface area contributed by atoms with Crippen molar-refractivity contribution in [1.29, 1.82) is 0 Å². The number of rotatable bonds is 4. The number of hydrogen-bond acceptors (Lipinski definition) is 1. The summed E-state index contributed by atoms with van der Waals surface area (Å²) in [4.78, 5) is 0. The minimum Gasteiger partial charge on any atom is -0.457 e. The van der Waals surface area contributed by atoms with Crippen LogP contribution in [0, 0.1) is 6.07 Å². The number of benzene rings is 2. The van der Waals surface area contributed by atoms with Gasteiger partial charge in [0.2, 0.25) is 0 Å². The van der Waals surface area contributed by atoms with Crippen LogP contribution in [-0.4, -0.2) is 0 Å². The van der Waals surface area contributed by atoms with Crippen molar-refractivity contribution in [2.75, 3.05) is 0 Å². The molecule has 2 rings (SSSR count). The van der Waals surface area contributed by atoms with Crippen LogP contribution in [0.4, 0.5) is 0 Å². The summed E-state index contributed by atoms with van der Waals surface area (Å²) in [5.74, 6) is 1.75. The average Bonchev–Trinajstić information content (AvgIpc) is 2.31. The molecule has 1 nitrogen and oxygen atoms in total. The van der Waals surface area contributed by atoms with E-state index in [1.54, 1.807) is 0 Å². The van der Waals surface area contributed by atoms with Crippen LogP contribution in [0.1, 0.15) is 18.9 Å². The van der Waals surface area contributed by atoms with Crippen molar-refractivity contribution in [3.05, 3.63) is 60.2 Å². The third kappa shape index (κ3) is 2.86. The maximum atomic E-state index is 5.75. The monoisotopic (exact) mass is 211 g/mol. The molecule has 0 aromatic heterocycles. The van der Waals surface area contributed by atoms with Gasteiger partial charge in [0, 0.05) is 0 Å². The highest BCUT2D eigenvalue weighted by Crippen LogP contribution is 2.21. The Morgan fingerprint density at radius 2 is 1.88 bits per heavy atom. The van der Waals surface area contributed by atoms with Crippen LogP contribution in [0.5, 0.6) is 11.5 Å². The summed E-state index contributed by atoms with van der Waals surface area (Å²) in [5.41, 5.74) is 1.20. The highest BCUT2D eigenvalue weighted by Gasteiger charge is 1.98. The number of ether oxygens (including phenoxy) is 1. The first kappa shape index (κ1) is 10.7. The quantitative estimate of drug-likeness (QED) is 0.735. The smallest absolute Gasteiger partial charge is 0.127 e. The molecule has 1 radical (unpaired) electrons. The zero-order valence-corrected chi connectivity index (χ0v) is 9.44. The highest BCUT2D eigenvalue weighted by molar-refractivity contribution is 5.33. The molecule has 0 aliphatic rings. The Bertz CT molecular complexity index is 434. The maximum Gasteiger partial charge on any atom is 0.127 e. The lowest BCUT2D eigenvalue weighted by atomic mass is 10.1. The average molecular weight is 211 g/mol. The van der Waals surface area contributed by atoms with Gasteiger partial charge in [-0.25, -0.2) is 0 Å². The van der Waals surface area contributed by atoms with Crippen LogP contribution >= 0.6 is 0 Å². The molecule has 0 aliphatic heterocycles. The van der Waals surface area contributed by atoms with Gasteiger partial charge in [-0.3, -0.25) is 0 Å². The first-order chi connectivity index (χ1) is 7.88. The van der Waals surface area contributed by atoms with Gasteiger partial charge in [-0.1, -0.05) is 37.6 Å². The zero-order chi connectivity index (χ0) is 11.2. The molecule has 0 saturated heterocycles. The van der Waals surface area contributed by atoms with Crippen molar-refractivity contribution in [2.45, 2.75) is 19.8 Å². The van der Waals surface area contributed by atoms with E-state index in [2.05, 4.69) is 19.1 Å². The van der Waals surface area contributed by atoms with E-state index in [0.29, 0.717) is 0 Å². The van der Waals surface area contributed by atoms with Crippen LogP contribution in [0.25, 0.3) is 0 Å². The molecule has 0 amide bonds. The van der Waals surface area contributed by atoms with Crippen LogP contribution < -0.4 is 4.74 Å². The molecule has 0 N–H and O–H groups in total. The number of hydrogen-bond donors (Lipinski definition) is 0. The van der Waals surface area contributed by atoms with Crippen molar-refractivity contribution in [3.63, 3.8) is 0 Å². The molecule has 16 heavy (non-hydrogen) atoms. The van der Waals surface area contributed by atoms with Gasteiger partial charge >= 0.3 is 0 Å².